The van der Waals surface area contributed by atoms with E-state index >= 15 is 0 Å². The number of imide groups is 1. The highest BCUT2D eigenvalue weighted by Gasteiger charge is 2.39. The molecule has 3 saturated heterocycles. The lowest BCUT2D eigenvalue weighted by atomic mass is 9.93. The van der Waals surface area contributed by atoms with Crippen molar-refractivity contribution in [1.82, 2.24) is 15.1 Å². The Bertz CT molecular complexity index is 1790. The maximum Gasteiger partial charge on any atom is 0.255 e. The first-order valence-corrected chi connectivity index (χ1v) is 18.0. The van der Waals surface area contributed by atoms with E-state index in [9.17, 15) is 19.5 Å². The highest BCUT2D eigenvalue weighted by molar-refractivity contribution is 6.05. The summed E-state index contributed by atoms with van der Waals surface area (Å²) in [5, 5.41) is 12.4. The number of benzene rings is 3. The normalized spacial score (nSPS) is 22.0. The van der Waals surface area contributed by atoms with Gasteiger partial charge in [0.25, 0.3) is 5.91 Å². The second-order valence-corrected chi connectivity index (χ2v) is 14.4. The summed E-state index contributed by atoms with van der Waals surface area (Å²) in [6.07, 6.45) is 8.57. The zero-order chi connectivity index (χ0) is 33.5. The third kappa shape index (κ3) is 6.44. The van der Waals surface area contributed by atoms with Gasteiger partial charge in [-0.2, -0.15) is 0 Å². The van der Waals surface area contributed by atoms with Crippen molar-refractivity contribution < 1.29 is 19.5 Å². The lowest BCUT2D eigenvalue weighted by molar-refractivity contribution is -0.136. The quantitative estimate of drug-likeness (QED) is 0.362. The molecular formula is C40H45N5O4. The number of aromatic hydroxyl groups is 1. The van der Waals surface area contributed by atoms with Crippen LogP contribution in [0.3, 0.4) is 0 Å². The predicted octanol–water partition coefficient (Wildman–Crippen LogP) is 4.96. The number of hydrogen-bond acceptors (Lipinski definition) is 7. The van der Waals surface area contributed by atoms with Crippen LogP contribution in [0.1, 0.15) is 71.1 Å². The van der Waals surface area contributed by atoms with Crippen molar-refractivity contribution in [3.05, 3.63) is 94.6 Å². The molecule has 3 aromatic rings. The molecule has 0 bridgehead atoms. The van der Waals surface area contributed by atoms with Gasteiger partial charge in [0.05, 0.1) is 0 Å². The van der Waals surface area contributed by atoms with Crippen molar-refractivity contribution in [2.45, 2.75) is 57.5 Å². The van der Waals surface area contributed by atoms with Crippen molar-refractivity contribution in [2.24, 2.45) is 5.92 Å². The van der Waals surface area contributed by atoms with Crippen LogP contribution in [0, 0.1) is 5.92 Å². The number of nitrogens with one attached hydrogen (secondary N) is 1. The van der Waals surface area contributed by atoms with Crippen molar-refractivity contribution in [3.63, 3.8) is 0 Å². The molecule has 3 aromatic carbocycles. The Hall–Kier alpha value is -4.63. The molecule has 2 N–H and O–H groups in total. The summed E-state index contributed by atoms with van der Waals surface area (Å²) in [6.45, 7) is 7.68. The maximum atomic E-state index is 13.1. The minimum absolute atomic E-state index is 0.120. The van der Waals surface area contributed by atoms with E-state index in [1.165, 1.54) is 40.8 Å². The Balaban J connectivity index is 0.817. The molecule has 9 heteroatoms. The van der Waals surface area contributed by atoms with Crippen LogP contribution in [0.5, 0.6) is 5.75 Å². The van der Waals surface area contributed by atoms with Gasteiger partial charge in [-0.3, -0.25) is 24.6 Å². The lowest BCUT2D eigenvalue weighted by Gasteiger charge is -2.40. The number of fused-ring (bicyclic) bond motifs is 2. The fourth-order valence-electron chi connectivity index (χ4n) is 8.51. The van der Waals surface area contributed by atoms with Crippen molar-refractivity contribution in [1.29, 1.82) is 0 Å². The van der Waals surface area contributed by atoms with Gasteiger partial charge in [-0.1, -0.05) is 24.3 Å². The molecule has 8 rings (SSSR count). The Morgan fingerprint density at radius 1 is 0.735 bits per heavy atom. The maximum absolute atomic E-state index is 13.1. The fourth-order valence-corrected chi connectivity index (χ4v) is 8.51. The zero-order valence-electron chi connectivity index (χ0n) is 28.1. The Morgan fingerprint density at radius 3 is 2.24 bits per heavy atom. The largest absolute Gasteiger partial charge is 0.508 e. The number of piperidine rings is 2. The first-order valence-electron chi connectivity index (χ1n) is 18.0. The number of allylic oxidation sites excluding steroid dienone is 1. The Labute approximate surface area is 288 Å². The minimum atomic E-state index is -0.581. The predicted molar refractivity (Wildman–Crippen MR) is 191 cm³/mol. The van der Waals surface area contributed by atoms with E-state index in [2.05, 4.69) is 62.5 Å². The van der Waals surface area contributed by atoms with E-state index in [1.807, 2.05) is 18.2 Å². The number of nitrogens with zero attached hydrogens (tertiary/aromatic N) is 4. The van der Waals surface area contributed by atoms with Crippen LogP contribution in [0.15, 0.2) is 66.7 Å². The standard InChI is InChI=1S/C40H45N5O4/c46-33-10-12-35-29(24-33)3-1-2-4-34(35)28-5-7-31(8-6-28)43-17-15-27(16-18-43)25-42-19-21-44(22-20-42)32-9-11-36-30(23-32)26-45(40(36)49)37-13-14-38(47)41-39(37)48/h4-12,23-24,27,37,46H,1-3,13-22,25-26H2,(H,41,47,48). The van der Waals surface area contributed by atoms with E-state index in [-0.39, 0.29) is 24.1 Å². The van der Waals surface area contributed by atoms with Crippen molar-refractivity contribution >= 4 is 34.7 Å². The molecule has 9 nitrogen and oxygen atoms in total. The summed E-state index contributed by atoms with van der Waals surface area (Å²) in [5.74, 6) is 0.295. The summed E-state index contributed by atoms with van der Waals surface area (Å²) >= 11 is 0. The first kappa shape index (κ1) is 31.6. The van der Waals surface area contributed by atoms with E-state index in [4.69, 9.17) is 0 Å². The highest BCUT2D eigenvalue weighted by Crippen LogP contribution is 2.35. The monoisotopic (exact) mass is 659 g/mol. The number of piperazine rings is 1. The van der Waals surface area contributed by atoms with Gasteiger partial charge in [0, 0.05) is 75.7 Å². The third-order valence-corrected chi connectivity index (χ3v) is 11.3. The minimum Gasteiger partial charge on any atom is -0.508 e. The lowest BCUT2D eigenvalue weighted by Crippen LogP contribution is -2.52. The number of phenolic OH excluding ortho intramolecular Hbond substituents is 1. The molecule has 3 amide bonds. The molecule has 49 heavy (non-hydrogen) atoms. The van der Waals surface area contributed by atoms with Gasteiger partial charge in [-0.25, -0.2) is 0 Å². The van der Waals surface area contributed by atoms with E-state index in [1.54, 1.807) is 11.0 Å². The third-order valence-electron chi connectivity index (χ3n) is 11.3. The van der Waals surface area contributed by atoms with Gasteiger partial charge in [0.1, 0.15) is 11.8 Å². The number of carbonyl (C=O) groups excluding carboxylic acids is 3. The van der Waals surface area contributed by atoms with Crippen LogP contribution in [-0.2, 0) is 22.6 Å². The Kier molecular flexibility index (Phi) is 8.62. The number of rotatable bonds is 6. The van der Waals surface area contributed by atoms with Crippen LogP contribution in [0.4, 0.5) is 11.4 Å². The summed E-state index contributed by atoms with van der Waals surface area (Å²) in [5.41, 5.74) is 9.06. The van der Waals surface area contributed by atoms with Crippen LogP contribution in [0.2, 0.25) is 0 Å². The Morgan fingerprint density at radius 2 is 1.47 bits per heavy atom. The summed E-state index contributed by atoms with van der Waals surface area (Å²) in [4.78, 5) is 46.3. The van der Waals surface area contributed by atoms with Crippen LogP contribution in [0.25, 0.3) is 5.57 Å². The topological polar surface area (TPSA) is 96.4 Å². The molecule has 1 aliphatic carbocycles. The number of phenols is 1. The number of amides is 3. The molecule has 254 valence electrons. The summed E-state index contributed by atoms with van der Waals surface area (Å²) in [6, 6.07) is 20.4. The highest BCUT2D eigenvalue weighted by atomic mass is 16.3. The number of carbonyl (C=O) groups is 3. The molecule has 0 aromatic heterocycles. The smallest absolute Gasteiger partial charge is 0.255 e. The van der Waals surface area contributed by atoms with E-state index < -0.39 is 6.04 Å². The number of hydrogen-bond donors (Lipinski definition) is 2. The van der Waals surface area contributed by atoms with Crippen LogP contribution in [-0.4, -0.2) is 84.5 Å². The molecule has 0 spiro atoms. The molecule has 1 unspecified atom stereocenters. The molecule has 4 aliphatic heterocycles. The van der Waals surface area contributed by atoms with Crippen LogP contribution < -0.4 is 15.1 Å². The molecular weight excluding hydrogens is 614 g/mol. The molecule has 5 aliphatic rings. The van der Waals surface area contributed by atoms with Gasteiger partial charge >= 0.3 is 0 Å². The molecule has 0 saturated carbocycles. The molecule has 0 radical (unpaired) electrons. The van der Waals surface area contributed by atoms with Gasteiger partial charge in [-0.15, -0.1) is 0 Å². The average molecular weight is 660 g/mol. The van der Waals surface area contributed by atoms with Gasteiger partial charge < -0.3 is 19.8 Å². The van der Waals surface area contributed by atoms with E-state index in [0.717, 1.165) is 76.3 Å². The zero-order valence-corrected chi connectivity index (χ0v) is 28.1. The van der Waals surface area contributed by atoms with Gasteiger partial charge in [0.15, 0.2) is 0 Å². The van der Waals surface area contributed by atoms with Gasteiger partial charge in [-0.05, 0) is 115 Å². The SMILES string of the molecule is O=C1CCC(N2Cc3cc(N4CCN(CC5CCN(c6ccc(C7=CCCCc8cc(O)ccc87)cc6)CC5)CC4)ccc3C2=O)C(=O)N1. The average Bonchev–Trinajstić information content (AvgIpc) is 3.29. The fraction of sp³-hybridized carbons (Fsp3) is 0.425. The molecule has 4 heterocycles. The van der Waals surface area contributed by atoms with Crippen molar-refractivity contribution in [2.75, 3.05) is 55.6 Å². The van der Waals surface area contributed by atoms with Gasteiger partial charge in [0.2, 0.25) is 11.8 Å². The molecule has 1 atom stereocenters. The summed E-state index contributed by atoms with van der Waals surface area (Å²) < 4.78 is 0. The number of anilines is 2. The number of aryl methyl sites for hydroxylation is 1. The van der Waals surface area contributed by atoms with E-state index in [0.29, 0.717) is 30.2 Å². The second-order valence-electron chi connectivity index (χ2n) is 14.4. The summed E-state index contributed by atoms with van der Waals surface area (Å²) in [7, 11) is 0. The molecule has 3 fully saturated rings. The first-order chi connectivity index (χ1) is 23.9. The van der Waals surface area contributed by atoms with Crippen LogP contribution >= 0.6 is 0 Å². The van der Waals surface area contributed by atoms with Crippen molar-refractivity contribution in [3.8, 4) is 5.75 Å². The second kappa shape index (κ2) is 13.3.